The summed E-state index contributed by atoms with van der Waals surface area (Å²) in [5.74, 6) is -0.462. The van der Waals surface area contributed by atoms with Crippen LogP contribution in [0, 0.1) is 5.41 Å². The monoisotopic (exact) mass is 630 g/mol. The molecule has 1 atom stereocenters. The highest BCUT2D eigenvalue weighted by Crippen LogP contribution is 2.40. The average molecular weight is 631 g/mol. The summed E-state index contributed by atoms with van der Waals surface area (Å²) in [6, 6.07) is 14.8. The molecular formula is C41H63BO4. The second-order valence-electron chi connectivity index (χ2n) is 14.3. The van der Waals surface area contributed by atoms with Gasteiger partial charge >= 0.3 is 11.9 Å². The largest absolute Gasteiger partial charge is 0.465 e. The molecule has 0 N–H and O–H groups in total. The number of rotatable bonds is 25. The number of carbonyl (C=O) groups is 2. The van der Waals surface area contributed by atoms with Gasteiger partial charge in [0.25, 0.3) is 0 Å². The molecule has 2 aromatic rings. The first-order valence-corrected chi connectivity index (χ1v) is 18.4. The lowest BCUT2D eigenvalue weighted by Gasteiger charge is -2.35. The minimum atomic E-state index is -0.550. The van der Waals surface area contributed by atoms with E-state index in [0.29, 0.717) is 24.1 Å². The van der Waals surface area contributed by atoms with Crippen molar-refractivity contribution < 1.29 is 19.1 Å². The summed E-state index contributed by atoms with van der Waals surface area (Å²) in [5.41, 5.74) is 2.37. The summed E-state index contributed by atoms with van der Waals surface area (Å²) in [5, 5.41) is 0. The summed E-state index contributed by atoms with van der Waals surface area (Å²) < 4.78 is 11.3. The summed E-state index contributed by atoms with van der Waals surface area (Å²) >= 11 is 0. The lowest BCUT2D eigenvalue weighted by Crippen LogP contribution is -2.36. The normalized spacial score (nSPS) is 12.9. The fourth-order valence-corrected chi connectivity index (χ4v) is 6.31. The van der Waals surface area contributed by atoms with Crippen molar-refractivity contribution in [2.45, 2.75) is 162 Å². The van der Waals surface area contributed by atoms with Crippen molar-refractivity contribution >= 4 is 25.2 Å². The van der Waals surface area contributed by atoms with E-state index in [1.54, 1.807) is 24.3 Å². The van der Waals surface area contributed by atoms with Crippen molar-refractivity contribution in [3.8, 4) is 0 Å². The predicted molar refractivity (Wildman–Crippen MR) is 194 cm³/mol. The predicted octanol–water partition coefficient (Wildman–Crippen LogP) is 10.7. The highest BCUT2D eigenvalue weighted by atomic mass is 16.5. The standard InChI is InChI=1S/C41H63BO4/c1-6-8-9-10-11-12-13-14-15-16-17-18-19-20-21-22-31-45-39(44)41(5,7-2)33-40(3,4)36-27-23-34(24-28-36)32-46-38(43)35-25-29-37(42)30-26-35/h23-30H,6-22,31-33H2,1-5H3. The van der Waals surface area contributed by atoms with E-state index in [1.807, 2.05) is 19.1 Å². The van der Waals surface area contributed by atoms with Gasteiger partial charge in [0, 0.05) is 0 Å². The molecule has 1 unspecified atom stereocenters. The van der Waals surface area contributed by atoms with Gasteiger partial charge in [0.05, 0.1) is 17.6 Å². The van der Waals surface area contributed by atoms with Gasteiger partial charge in [-0.05, 0) is 54.9 Å². The fraction of sp³-hybridized carbons (Fsp3) is 0.659. The minimum Gasteiger partial charge on any atom is -0.465 e. The van der Waals surface area contributed by atoms with Crippen molar-refractivity contribution in [2.24, 2.45) is 5.41 Å². The van der Waals surface area contributed by atoms with Gasteiger partial charge in [-0.25, -0.2) is 4.79 Å². The van der Waals surface area contributed by atoms with E-state index in [2.05, 4.69) is 39.8 Å². The summed E-state index contributed by atoms with van der Waals surface area (Å²) in [6.07, 6.45) is 22.7. The number of carbonyl (C=O) groups excluding carboxylic acids is 2. The van der Waals surface area contributed by atoms with Gasteiger partial charge in [-0.2, -0.15) is 0 Å². The van der Waals surface area contributed by atoms with Gasteiger partial charge in [0.15, 0.2) is 0 Å². The minimum absolute atomic E-state index is 0.0877. The Morgan fingerprint density at radius 2 is 1.11 bits per heavy atom. The van der Waals surface area contributed by atoms with Gasteiger partial charge in [-0.1, -0.05) is 166 Å². The number of unbranched alkanes of at least 4 members (excludes halogenated alkanes) is 15. The third-order valence-electron chi connectivity index (χ3n) is 9.59. The van der Waals surface area contributed by atoms with E-state index in [-0.39, 0.29) is 24.0 Å². The van der Waals surface area contributed by atoms with Gasteiger partial charge < -0.3 is 9.47 Å². The van der Waals surface area contributed by atoms with Crippen LogP contribution in [-0.4, -0.2) is 26.4 Å². The van der Waals surface area contributed by atoms with Crippen LogP contribution in [0.3, 0.4) is 0 Å². The first kappa shape index (κ1) is 39.6. The van der Waals surface area contributed by atoms with Crippen LogP contribution in [0.5, 0.6) is 0 Å². The zero-order valence-electron chi connectivity index (χ0n) is 30.0. The smallest absolute Gasteiger partial charge is 0.338 e. The number of hydrogen-bond donors (Lipinski definition) is 0. The third-order valence-corrected chi connectivity index (χ3v) is 9.59. The highest BCUT2D eigenvalue weighted by molar-refractivity contribution is 6.32. The Morgan fingerprint density at radius 3 is 1.59 bits per heavy atom. The molecule has 4 nitrogen and oxygen atoms in total. The van der Waals surface area contributed by atoms with Crippen molar-refractivity contribution in [1.82, 2.24) is 0 Å². The maximum absolute atomic E-state index is 13.2. The van der Waals surface area contributed by atoms with Crippen LogP contribution in [0.25, 0.3) is 0 Å². The molecule has 0 aliphatic rings. The molecule has 2 rings (SSSR count). The third kappa shape index (κ3) is 15.4. The van der Waals surface area contributed by atoms with Crippen molar-refractivity contribution in [3.63, 3.8) is 0 Å². The Balaban J connectivity index is 1.62. The lowest BCUT2D eigenvalue weighted by atomic mass is 9.69. The Morgan fingerprint density at radius 1 is 0.630 bits per heavy atom. The molecule has 0 saturated carbocycles. The molecule has 254 valence electrons. The van der Waals surface area contributed by atoms with Gasteiger partial charge in [-0.15, -0.1) is 0 Å². The molecular weight excluding hydrogens is 567 g/mol. The Labute approximate surface area is 283 Å². The Kier molecular flexibility index (Phi) is 19.0. The van der Waals surface area contributed by atoms with Crippen LogP contribution in [0.4, 0.5) is 0 Å². The zero-order chi connectivity index (χ0) is 33.7. The second-order valence-corrected chi connectivity index (χ2v) is 14.3. The van der Waals surface area contributed by atoms with Gasteiger partial charge in [0.1, 0.15) is 14.5 Å². The van der Waals surface area contributed by atoms with E-state index in [9.17, 15) is 9.59 Å². The molecule has 0 spiro atoms. The van der Waals surface area contributed by atoms with E-state index >= 15 is 0 Å². The molecule has 2 radical (unpaired) electrons. The topological polar surface area (TPSA) is 52.6 Å². The van der Waals surface area contributed by atoms with Crippen LogP contribution in [-0.2, 0) is 26.3 Å². The molecule has 0 aliphatic heterocycles. The lowest BCUT2D eigenvalue weighted by molar-refractivity contribution is -0.156. The van der Waals surface area contributed by atoms with Crippen molar-refractivity contribution in [3.05, 3.63) is 65.2 Å². The van der Waals surface area contributed by atoms with Crippen LogP contribution in [0.1, 0.15) is 172 Å². The SMILES string of the molecule is [B]c1ccc(C(=O)OCc2ccc(C(C)(C)CC(C)(CC)C(=O)OCCCCCCCCCCCCCCCCCC)cc2)cc1. The second kappa shape index (κ2) is 22.1. The Bertz CT molecular complexity index is 1110. The summed E-state index contributed by atoms with van der Waals surface area (Å²) in [4.78, 5) is 25.6. The first-order valence-electron chi connectivity index (χ1n) is 18.4. The Hall–Kier alpha value is -2.56. The summed E-state index contributed by atoms with van der Waals surface area (Å²) in [6.45, 7) is 11.5. The molecule has 0 aromatic heterocycles. The number of esters is 2. The molecule has 0 fully saturated rings. The first-order chi connectivity index (χ1) is 22.1. The molecule has 5 heteroatoms. The van der Waals surface area contributed by atoms with Crippen molar-refractivity contribution in [2.75, 3.05) is 6.61 Å². The van der Waals surface area contributed by atoms with E-state index in [4.69, 9.17) is 17.3 Å². The van der Waals surface area contributed by atoms with Crippen LogP contribution < -0.4 is 5.46 Å². The van der Waals surface area contributed by atoms with E-state index in [1.165, 1.54) is 89.9 Å². The molecule has 0 aliphatic carbocycles. The number of hydrogen-bond acceptors (Lipinski definition) is 4. The van der Waals surface area contributed by atoms with Gasteiger partial charge in [-0.3, -0.25) is 4.79 Å². The molecule has 2 aromatic carbocycles. The number of benzene rings is 2. The van der Waals surface area contributed by atoms with Gasteiger partial charge in [0.2, 0.25) is 0 Å². The highest BCUT2D eigenvalue weighted by Gasteiger charge is 2.39. The molecule has 0 saturated heterocycles. The zero-order valence-corrected chi connectivity index (χ0v) is 30.0. The van der Waals surface area contributed by atoms with Crippen LogP contribution in [0.15, 0.2) is 48.5 Å². The average Bonchev–Trinajstić information content (AvgIpc) is 3.05. The van der Waals surface area contributed by atoms with Crippen molar-refractivity contribution in [1.29, 1.82) is 0 Å². The number of ether oxygens (including phenoxy) is 2. The molecule has 0 bridgehead atoms. The summed E-state index contributed by atoms with van der Waals surface area (Å²) in [7, 11) is 5.70. The molecule has 46 heavy (non-hydrogen) atoms. The van der Waals surface area contributed by atoms with Crippen LogP contribution in [0.2, 0.25) is 0 Å². The fourth-order valence-electron chi connectivity index (χ4n) is 6.31. The quantitative estimate of drug-likeness (QED) is 0.0622. The maximum Gasteiger partial charge on any atom is 0.338 e. The van der Waals surface area contributed by atoms with Crippen LogP contribution >= 0.6 is 0 Å². The molecule has 0 heterocycles. The molecule has 0 amide bonds. The van der Waals surface area contributed by atoms with E-state index in [0.717, 1.165) is 30.4 Å². The van der Waals surface area contributed by atoms with E-state index < -0.39 is 5.41 Å². The maximum atomic E-state index is 13.2.